The molecule has 0 saturated carbocycles. The van der Waals surface area contributed by atoms with Gasteiger partial charge in [-0.05, 0) is 55.0 Å². The van der Waals surface area contributed by atoms with Crippen molar-refractivity contribution in [2.24, 2.45) is 0 Å². The van der Waals surface area contributed by atoms with E-state index < -0.39 is 34.4 Å². The average molecular weight is 564 g/mol. The van der Waals surface area contributed by atoms with Crippen molar-refractivity contribution in [1.82, 2.24) is 10.2 Å². The van der Waals surface area contributed by atoms with Crippen molar-refractivity contribution in [2.45, 2.75) is 24.4 Å². The second-order valence-electron chi connectivity index (χ2n) is 8.09. The first-order chi connectivity index (χ1) is 17.6. The molecule has 3 aromatic rings. The number of amides is 2. The zero-order valence-corrected chi connectivity index (χ0v) is 22.8. The van der Waals surface area contributed by atoms with Crippen LogP contribution in [0.2, 0.25) is 10.0 Å². The predicted molar refractivity (Wildman–Crippen MR) is 145 cm³/mol. The van der Waals surface area contributed by atoms with Crippen molar-refractivity contribution in [3.8, 4) is 5.75 Å². The highest BCUT2D eigenvalue weighted by molar-refractivity contribution is 7.92. The van der Waals surface area contributed by atoms with Crippen molar-refractivity contribution in [2.75, 3.05) is 25.0 Å². The lowest BCUT2D eigenvalue weighted by Crippen LogP contribution is -2.50. The minimum atomic E-state index is -4.19. The van der Waals surface area contributed by atoms with E-state index >= 15 is 0 Å². The van der Waals surface area contributed by atoms with Crippen LogP contribution < -0.4 is 14.4 Å². The van der Waals surface area contributed by atoms with Crippen LogP contribution in [0.5, 0.6) is 5.75 Å². The molecule has 3 aromatic carbocycles. The predicted octanol–water partition coefficient (Wildman–Crippen LogP) is 4.36. The molecule has 0 heterocycles. The molecule has 0 bridgehead atoms. The molecular formula is C26H27Cl2N3O5S. The van der Waals surface area contributed by atoms with E-state index in [1.54, 1.807) is 49.4 Å². The number of methoxy groups -OCH3 is 1. The second-order valence-corrected chi connectivity index (χ2v) is 10.8. The SMILES string of the molecule is CNC(=O)[C@@H](C)N(Cc1cccc(Cl)c1)C(=O)CN(c1ccc(OC)c(Cl)c1)S(=O)(=O)c1ccccc1. The number of hydrogen-bond acceptors (Lipinski definition) is 5. The van der Waals surface area contributed by atoms with Gasteiger partial charge < -0.3 is 15.0 Å². The Labute approximate surface area is 226 Å². The Morgan fingerprint density at radius 2 is 1.70 bits per heavy atom. The van der Waals surface area contributed by atoms with Crippen molar-refractivity contribution < 1.29 is 22.7 Å². The first kappa shape index (κ1) is 28.3. The Bertz CT molecular complexity index is 1370. The molecule has 11 heteroatoms. The number of anilines is 1. The first-order valence-corrected chi connectivity index (χ1v) is 13.4. The summed E-state index contributed by atoms with van der Waals surface area (Å²) in [4.78, 5) is 27.5. The Morgan fingerprint density at radius 3 is 2.30 bits per heavy atom. The summed E-state index contributed by atoms with van der Waals surface area (Å²) in [5.74, 6) is -0.646. The second kappa shape index (κ2) is 12.3. The number of halogens is 2. The minimum absolute atomic E-state index is 0.00418. The van der Waals surface area contributed by atoms with Crippen molar-refractivity contribution in [3.05, 3.63) is 88.4 Å². The molecule has 1 N–H and O–H groups in total. The molecule has 196 valence electrons. The fraction of sp³-hybridized carbons (Fsp3) is 0.231. The Morgan fingerprint density at radius 1 is 1.00 bits per heavy atom. The van der Waals surface area contributed by atoms with E-state index in [0.717, 1.165) is 4.31 Å². The molecule has 0 aromatic heterocycles. The Hall–Kier alpha value is -3.27. The zero-order valence-electron chi connectivity index (χ0n) is 20.5. The van der Waals surface area contributed by atoms with Gasteiger partial charge in [-0.25, -0.2) is 8.42 Å². The van der Waals surface area contributed by atoms with Crippen LogP contribution in [-0.4, -0.2) is 51.9 Å². The molecule has 8 nitrogen and oxygen atoms in total. The highest BCUT2D eigenvalue weighted by Gasteiger charge is 2.32. The molecule has 1 atom stereocenters. The lowest BCUT2D eigenvalue weighted by atomic mass is 10.1. The number of rotatable bonds is 10. The van der Waals surface area contributed by atoms with E-state index in [1.165, 1.54) is 49.4 Å². The molecule has 0 spiro atoms. The third-order valence-electron chi connectivity index (χ3n) is 5.69. The monoisotopic (exact) mass is 563 g/mol. The van der Waals surface area contributed by atoms with Crippen LogP contribution in [0, 0.1) is 0 Å². The maximum Gasteiger partial charge on any atom is 0.264 e. The van der Waals surface area contributed by atoms with Crippen LogP contribution in [0.1, 0.15) is 12.5 Å². The summed E-state index contributed by atoms with van der Waals surface area (Å²) in [7, 11) is -1.28. The number of nitrogens with one attached hydrogen (secondary N) is 1. The van der Waals surface area contributed by atoms with Crippen molar-refractivity contribution in [1.29, 1.82) is 0 Å². The van der Waals surface area contributed by atoms with E-state index in [0.29, 0.717) is 16.3 Å². The third kappa shape index (κ3) is 6.74. The quantitative estimate of drug-likeness (QED) is 0.395. The van der Waals surface area contributed by atoms with Crippen LogP contribution in [0.3, 0.4) is 0 Å². The molecule has 2 amide bonds. The average Bonchev–Trinajstić information content (AvgIpc) is 2.89. The molecule has 0 aliphatic carbocycles. The molecular weight excluding hydrogens is 537 g/mol. The first-order valence-electron chi connectivity index (χ1n) is 11.2. The van der Waals surface area contributed by atoms with E-state index in [9.17, 15) is 18.0 Å². The van der Waals surface area contributed by atoms with Gasteiger partial charge in [-0.1, -0.05) is 53.5 Å². The summed E-state index contributed by atoms with van der Waals surface area (Å²) < 4.78 is 33.6. The number of carbonyl (C=O) groups excluding carboxylic acids is 2. The molecule has 37 heavy (non-hydrogen) atoms. The van der Waals surface area contributed by atoms with Crippen LogP contribution in [0.25, 0.3) is 0 Å². The number of sulfonamides is 1. The number of carbonyl (C=O) groups is 2. The van der Waals surface area contributed by atoms with E-state index in [1.807, 2.05) is 0 Å². The third-order valence-corrected chi connectivity index (χ3v) is 8.01. The van der Waals surface area contributed by atoms with Gasteiger partial charge in [0.2, 0.25) is 11.8 Å². The zero-order chi connectivity index (χ0) is 27.2. The van der Waals surface area contributed by atoms with Gasteiger partial charge in [-0.15, -0.1) is 0 Å². The standard InChI is InChI=1S/C26H27Cl2N3O5S/c1-18(26(33)29-2)30(16-19-8-7-9-20(27)14-19)25(32)17-31(21-12-13-24(36-3)23(28)15-21)37(34,35)22-10-5-4-6-11-22/h4-15,18H,16-17H2,1-3H3,(H,29,33)/t18-/m1/s1. The van der Waals surface area contributed by atoms with Crippen molar-refractivity contribution in [3.63, 3.8) is 0 Å². The fourth-order valence-electron chi connectivity index (χ4n) is 3.68. The number of nitrogens with zero attached hydrogens (tertiary/aromatic N) is 2. The maximum atomic E-state index is 13.7. The largest absolute Gasteiger partial charge is 0.495 e. The lowest BCUT2D eigenvalue weighted by Gasteiger charge is -2.32. The summed E-state index contributed by atoms with van der Waals surface area (Å²) in [5, 5.41) is 3.18. The van der Waals surface area contributed by atoms with Gasteiger partial charge in [0.1, 0.15) is 18.3 Å². The Balaban J connectivity index is 2.06. The van der Waals surface area contributed by atoms with Gasteiger partial charge in [0.15, 0.2) is 0 Å². The maximum absolute atomic E-state index is 13.7. The highest BCUT2D eigenvalue weighted by atomic mass is 35.5. The Kier molecular flexibility index (Phi) is 9.42. The summed E-state index contributed by atoms with van der Waals surface area (Å²) in [6, 6.07) is 18.2. The number of hydrogen-bond donors (Lipinski definition) is 1. The van der Waals surface area contributed by atoms with Gasteiger partial charge in [0, 0.05) is 18.6 Å². The highest BCUT2D eigenvalue weighted by Crippen LogP contribution is 2.32. The molecule has 0 radical (unpaired) electrons. The molecule has 0 saturated heterocycles. The van der Waals surface area contributed by atoms with Gasteiger partial charge in [-0.3, -0.25) is 13.9 Å². The molecule has 0 fully saturated rings. The normalized spacial score (nSPS) is 11.9. The smallest absolute Gasteiger partial charge is 0.264 e. The summed E-state index contributed by atoms with van der Waals surface area (Å²) in [6.45, 7) is 1.03. The van der Waals surface area contributed by atoms with E-state index in [4.69, 9.17) is 27.9 Å². The molecule has 3 rings (SSSR count). The lowest BCUT2D eigenvalue weighted by molar-refractivity contribution is -0.139. The van der Waals surface area contributed by atoms with Crippen LogP contribution in [-0.2, 0) is 26.2 Å². The summed E-state index contributed by atoms with van der Waals surface area (Å²) >= 11 is 12.4. The van der Waals surface area contributed by atoms with Crippen LogP contribution >= 0.6 is 23.2 Å². The van der Waals surface area contributed by atoms with Gasteiger partial charge in [-0.2, -0.15) is 0 Å². The van der Waals surface area contributed by atoms with E-state index in [2.05, 4.69) is 5.32 Å². The van der Waals surface area contributed by atoms with E-state index in [-0.39, 0.29) is 22.2 Å². The van der Waals surface area contributed by atoms with Gasteiger partial charge >= 0.3 is 0 Å². The molecule has 0 aliphatic heterocycles. The van der Waals surface area contributed by atoms with Gasteiger partial charge in [0.05, 0.1) is 22.7 Å². The van der Waals surface area contributed by atoms with Crippen LogP contribution in [0.15, 0.2) is 77.7 Å². The summed E-state index contributed by atoms with van der Waals surface area (Å²) in [6.07, 6.45) is 0. The van der Waals surface area contributed by atoms with Crippen molar-refractivity contribution >= 4 is 50.7 Å². The fourth-order valence-corrected chi connectivity index (χ4v) is 5.57. The summed E-state index contributed by atoms with van der Waals surface area (Å²) in [5.41, 5.74) is 0.847. The van der Waals surface area contributed by atoms with Crippen LogP contribution in [0.4, 0.5) is 5.69 Å². The molecule has 0 aliphatic rings. The number of benzene rings is 3. The number of ether oxygens (including phenoxy) is 1. The molecule has 0 unspecified atom stereocenters. The van der Waals surface area contributed by atoms with Gasteiger partial charge in [0.25, 0.3) is 10.0 Å². The number of likely N-dealkylation sites (N-methyl/N-ethyl adjacent to an activating group) is 1. The topological polar surface area (TPSA) is 96.0 Å². The minimum Gasteiger partial charge on any atom is -0.495 e.